The summed E-state index contributed by atoms with van der Waals surface area (Å²) >= 11 is 0. The van der Waals surface area contributed by atoms with Crippen LogP contribution in [0.1, 0.15) is 36.5 Å². The Hall–Kier alpha value is -2.01. The SMILES string of the molecule is Cc1ccc([S@@](=O)CC(=O)NCCc2ccc(C(C)C)cc2)nc1. The molecule has 1 aromatic heterocycles. The first-order valence-electron chi connectivity index (χ1n) is 8.12. The van der Waals surface area contributed by atoms with Crippen molar-refractivity contribution in [3.8, 4) is 0 Å². The van der Waals surface area contributed by atoms with Gasteiger partial charge >= 0.3 is 0 Å². The normalized spacial score (nSPS) is 12.2. The molecule has 0 aliphatic carbocycles. The van der Waals surface area contributed by atoms with Crippen LogP contribution in [0.5, 0.6) is 0 Å². The van der Waals surface area contributed by atoms with Gasteiger partial charge < -0.3 is 5.32 Å². The zero-order valence-corrected chi connectivity index (χ0v) is 15.2. The highest BCUT2D eigenvalue weighted by Crippen LogP contribution is 2.14. The molecular weight excluding hydrogens is 320 g/mol. The fourth-order valence-corrected chi connectivity index (χ4v) is 3.13. The Morgan fingerprint density at radius 1 is 1.17 bits per heavy atom. The summed E-state index contributed by atoms with van der Waals surface area (Å²) in [7, 11) is -1.40. The molecule has 128 valence electrons. The molecule has 0 fully saturated rings. The van der Waals surface area contributed by atoms with Crippen molar-refractivity contribution in [1.82, 2.24) is 10.3 Å². The Labute approximate surface area is 146 Å². The number of aryl methyl sites for hydroxylation is 1. The molecule has 4 nitrogen and oxygen atoms in total. The zero-order chi connectivity index (χ0) is 17.5. The van der Waals surface area contributed by atoms with E-state index in [0.29, 0.717) is 17.5 Å². The maximum Gasteiger partial charge on any atom is 0.233 e. The predicted molar refractivity (Wildman–Crippen MR) is 97.5 cm³/mol. The number of benzene rings is 1. The van der Waals surface area contributed by atoms with Crippen LogP contribution in [0.4, 0.5) is 0 Å². The van der Waals surface area contributed by atoms with E-state index < -0.39 is 10.8 Å². The van der Waals surface area contributed by atoms with Crippen molar-refractivity contribution < 1.29 is 9.00 Å². The van der Waals surface area contributed by atoms with Crippen LogP contribution in [0.2, 0.25) is 0 Å². The number of nitrogens with zero attached hydrogens (tertiary/aromatic N) is 1. The Morgan fingerprint density at radius 2 is 1.88 bits per heavy atom. The molecule has 0 spiro atoms. The highest BCUT2D eigenvalue weighted by atomic mass is 32.2. The van der Waals surface area contributed by atoms with E-state index in [4.69, 9.17) is 0 Å². The van der Waals surface area contributed by atoms with Crippen molar-refractivity contribution in [3.05, 3.63) is 59.3 Å². The van der Waals surface area contributed by atoms with Crippen molar-refractivity contribution >= 4 is 16.7 Å². The molecule has 0 saturated carbocycles. The molecule has 1 heterocycles. The molecule has 5 heteroatoms. The Morgan fingerprint density at radius 3 is 2.46 bits per heavy atom. The fourth-order valence-electron chi connectivity index (χ4n) is 2.25. The number of nitrogens with one attached hydrogen (secondary N) is 1. The zero-order valence-electron chi connectivity index (χ0n) is 14.4. The van der Waals surface area contributed by atoms with Gasteiger partial charge in [0, 0.05) is 12.7 Å². The van der Waals surface area contributed by atoms with Gasteiger partial charge in [0.2, 0.25) is 5.91 Å². The molecule has 24 heavy (non-hydrogen) atoms. The smallest absolute Gasteiger partial charge is 0.233 e. The lowest BCUT2D eigenvalue weighted by molar-refractivity contribution is -0.118. The van der Waals surface area contributed by atoms with E-state index in [-0.39, 0.29) is 11.7 Å². The topological polar surface area (TPSA) is 59.1 Å². The van der Waals surface area contributed by atoms with Gasteiger partial charge in [-0.05, 0) is 42.0 Å². The van der Waals surface area contributed by atoms with Gasteiger partial charge in [0.15, 0.2) is 0 Å². The highest BCUT2D eigenvalue weighted by molar-refractivity contribution is 7.85. The maximum absolute atomic E-state index is 12.1. The van der Waals surface area contributed by atoms with E-state index in [1.807, 2.05) is 13.0 Å². The number of pyridine rings is 1. The first-order valence-corrected chi connectivity index (χ1v) is 9.44. The molecule has 1 atom stereocenters. The van der Waals surface area contributed by atoms with Gasteiger partial charge in [-0.25, -0.2) is 4.98 Å². The third kappa shape index (κ3) is 5.57. The summed E-state index contributed by atoms with van der Waals surface area (Å²) in [5, 5.41) is 3.27. The van der Waals surface area contributed by atoms with Crippen molar-refractivity contribution in [2.75, 3.05) is 12.3 Å². The van der Waals surface area contributed by atoms with Crippen molar-refractivity contribution in [1.29, 1.82) is 0 Å². The quantitative estimate of drug-likeness (QED) is 0.840. The van der Waals surface area contributed by atoms with Crippen molar-refractivity contribution in [2.45, 2.75) is 38.1 Å². The number of carbonyl (C=O) groups excluding carboxylic acids is 1. The van der Waals surface area contributed by atoms with E-state index in [1.54, 1.807) is 12.3 Å². The molecule has 2 aromatic rings. The van der Waals surface area contributed by atoms with Crippen LogP contribution >= 0.6 is 0 Å². The first-order chi connectivity index (χ1) is 11.5. The molecule has 0 aliphatic rings. The Bertz CT molecular complexity index is 694. The summed E-state index contributed by atoms with van der Waals surface area (Å²) in [4.78, 5) is 16.0. The summed E-state index contributed by atoms with van der Waals surface area (Å²) in [5.41, 5.74) is 3.49. The monoisotopic (exact) mass is 344 g/mol. The van der Waals surface area contributed by atoms with Gasteiger partial charge in [0.25, 0.3) is 0 Å². The van der Waals surface area contributed by atoms with Crippen LogP contribution < -0.4 is 5.32 Å². The molecule has 1 amide bonds. The molecule has 0 aliphatic heterocycles. The van der Waals surface area contributed by atoms with Crippen LogP contribution in [0.3, 0.4) is 0 Å². The van der Waals surface area contributed by atoms with Crippen molar-refractivity contribution in [3.63, 3.8) is 0 Å². The largest absolute Gasteiger partial charge is 0.355 e. The standard InChI is InChI=1S/C19H24N2O2S/c1-14(2)17-7-5-16(6-8-17)10-11-20-18(22)13-24(23)19-9-4-15(3)12-21-19/h4-9,12,14H,10-11,13H2,1-3H3,(H,20,22)/t24-/m0/s1. The number of aromatic nitrogens is 1. The lowest BCUT2D eigenvalue weighted by atomic mass is 10.0. The van der Waals surface area contributed by atoms with Crippen LogP contribution in [0.15, 0.2) is 47.6 Å². The summed E-state index contributed by atoms with van der Waals surface area (Å²) in [5.74, 6) is 0.251. The van der Waals surface area contributed by atoms with Crippen LogP contribution in [0.25, 0.3) is 0 Å². The second kappa shape index (κ2) is 8.73. The van der Waals surface area contributed by atoms with E-state index in [0.717, 1.165) is 12.0 Å². The third-order valence-electron chi connectivity index (χ3n) is 3.76. The van der Waals surface area contributed by atoms with Gasteiger partial charge in [-0.2, -0.15) is 0 Å². The number of carbonyl (C=O) groups is 1. The average Bonchev–Trinajstić information content (AvgIpc) is 2.55. The van der Waals surface area contributed by atoms with Crippen LogP contribution in [0, 0.1) is 6.92 Å². The predicted octanol–water partition coefficient (Wildman–Crippen LogP) is 2.98. The average molecular weight is 344 g/mol. The third-order valence-corrected chi connectivity index (χ3v) is 4.99. The lowest BCUT2D eigenvalue weighted by Crippen LogP contribution is -2.30. The molecule has 0 bridgehead atoms. The molecule has 0 unspecified atom stereocenters. The minimum absolute atomic E-state index is 0.0532. The van der Waals surface area contributed by atoms with E-state index >= 15 is 0 Å². The second-order valence-corrected chi connectivity index (χ2v) is 7.56. The number of hydrogen-bond donors (Lipinski definition) is 1. The van der Waals surface area contributed by atoms with Gasteiger partial charge in [-0.3, -0.25) is 9.00 Å². The second-order valence-electron chi connectivity index (χ2n) is 6.16. The number of amides is 1. The first kappa shape index (κ1) is 18.3. The lowest BCUT2D eigenvalue weighted by Gasteiger charge is -2.08. The molecular formula is C19H24N2O2S. The summed E-state index contributed by atoms with van der Waals surface area (Å²) < 4.78 is 12.1. The van der Waals surface area contributed by atoms with Crippen LogP contribution in [-0.4, -0.2) is 27.4 Å². The van der Waals surface area contributed by atoms with E-state index in [2.05, 4.69) is 48.4 Å². The van der Waals surface area contributed by atoms with Gasteiger partial charge in [-0.1, -0.05) is 44.2 Å². The number of hydrogen-bond acceptors (Lipinski definition) is 3. The summed E-state index contributed by atoms with van der Waals surface area (Å²) in [6, 6.07) is 12.0. The van der Waals surface area contributed by atoms with Gasteiger partial charge in [0.05, 0.1) is 10.8 Å². The molecule has 1 aromatic carbocycles. The highest BCUT2D eigenvalue weighted by Gasteiger charge is 2.11. The van der Waals surface area contributed by atoms with Gasteiger partial charge in [0.1, 0.15) is 10.8 Å². The molecule has 0 radical (unpaired) electrons. The minimum atomic E-state index is -1.40. The maximum atomic E-state index is 12.1. The summed E-state index contributed by atoms with van der Waals surface area (Å²) in [6.45, 7) is 6.79. The molecule has 1 N–H and O–H groups in total. The molecule has 0 saturated heterocycles. The van der Waals surface area contributed by atoms with E-state index in [9.17, 15) is 9.00 Å². The van der Waals surface area contributed by atoms with Crippen LogP contribution in [-0.2, 0) is 22.0 Å². The van der Waals surface area contributed by atoms with Crippen molar-refractivity contribution in [2.24, 2.45) is 0 Å². The van der Waals surface area contributed by atoms with Gasteiger partial charge in [-0.15, -0.1) is 0 Å². The Kier molecular flexibility index (Phi) is 6.67. The van der Waals surface area contributed by atoms with E-state index in [1.165, 1.54) is 11.1 Å². The fraction of sp³-hybridized carbons (Fsp3) is 0.368. The Balaban J connectivity index is 1.76. The summed E-state index contributed by atoms with van der Waals surface area (Å²) in [6.07, 6.45) is 2.42. The molecule has 2 rings (SSSR count). The minimum Gasteiger partial charge on any atom is -0.355 e. The number of rotatable bonds is 7.